The maximum absolute atomic E-state index is 13.5. The summed E-state index contributed by atoms with van der Waals surface area (Å²) in [6, 6.07) is 9.70. The smallest absolute Gasteiger partial charge is 0.0912 e. The van der Waals surface area contributed by atoms with Crippen LogP contribution in [0.3, 0.4) is 0 Å². The molecule has 0 radical (unpaired) electrons. The van der Waals surface area contributed by atoms with Crippen molar-refractivity contribution in [2.45, 2.75) is 6.42 Å². The summed E-state index contributed by atoms with van der Waals surface area (Å²) in [6.45, 7) is 0. The fourth-order valence-corrected chi connectivity index (χ4v) is 3.00. The van der Waals surface area contributed by atoms with Crippen molar-refractivity contribution in [3.8, 4) is 5.69 Å². The van der Waals surface area contributed by atoms with Crippen LogP contribution in [-0.2, 0) is 6.42 Å². The molecular formula is C12H11ClFN3S. The van der Waals surface area contributed by atoms with Gasteiger partial charge in [-0.15, -0.1) is 3.89 Å². The zero-order valence-electron chi connectivity index (χ0n) is 9.38. The van der Waals surface area contributed by atoms with E-state index in [4.69, 9.17) is 10.7 Å². The monoisotopic (exact) mass is 283 g/mol. The van der Waals surface area contributed by atoms with Gasteiger partial charge >= 0.3 is 0 Å². The molecule has 0 aliphatic carbocycles. The lowest BCUT2D eigenvalue weighted by Gasteiger charge is -2.34. The molecule has 3 nitrogen and oxygen atoms in total. The van der Waals surface area contributed by atoms with Crippen molar-refractivity contribution in [3.05, 3.63) is 59.4 Å². The SMILES string of the molecule is FS1(Cl)NC=C1Cc1ccc(-n2cccn2)cc1. The van der Waals surface area contributed by atoms with E-state index in [1.807, 2.05) is 36.5 Å². The zero-order valence-corrected chi connectivity index (χ0v) is 11.0. The van der Waals surface area contributed by atoms with Gasteiger partial charge in [0.2, 0.25) is 0 Å². The highest BCUT2D eigenvalue weighted by Gasteiger charge is 2.32. The normalized spacial score (nSPS) is 25.6. The van der Waals surface area contributed by atoms with E-state index in [9.17, 15) is 3.89 Å². The fourth-order valence-electron chi connectivity index (χ4n) is 1.76. The predicted octanol–water partition coefficient (Wildman–Crippen LogP) is 3.62. The molecule has 1 aromatic carbocycles. The maximum Gasteiger partial charge on any atom is 0.0912 e. The van der Waals surface area contributed by atoms with E-state index in [1.54, 1.807) is 17.1 Å². The van der Waals surface area contributed by atoms with Crippen LogP contribution in [0.2, 0.25) is 0 Å². The predicted molar refractivity (Wildman–Crippen MR) is 73.0 cm³/mol. The van der Waals surface area contributed by atoms with Crippen LogP contribution in [0.15, 0.2) is 53.8 Å². The van der Waals surface area contributed by atoms with Crippen molar-refractivity contribution in [1.29, 1.82) is 0 Å². The molecule has 2 heterocycles. The minimum atomic E-state index is -2.71. The van der Waals surface area contributed by atoms with Gasteiger partial charge in [0.1, 0.15) is 0 Å². The Hall–Kier alpha value is -1.46. The highest BCUT2D eigenvalue weighted by molar-refractivity contribution is 8.49. The maximum atomic E-state index is 13.5. The molecule has 18 heavy (non-hydrogen) atoms. The number of aromatic nitrogens is 2. The van der Waals surface area contributed by atoms with Crippen LogP contribution in [0.4, 0.5) is 3.89 Å². The topological polar surface area (TPSA) is 29.9 Å². The molecule has 1 aromatic heterocycles. The van der Waals surface area contributed by atoms with Gasteiger partial charge in [-0.25, -0.2) is 4.68 Å². The first-order valence-electron chi connectivity index (χ1n) is 5.43. The van der Waals surface area contributed by atoms with Gasteiger partial charge in [-0.3, -0.25) is 0 Å². The Morgan fingerprint density at radius 3 is 2.61 bits per heavy atom. The van der Waals surface area contributed by atoms with E-state index >= 15 is 0 Å². The van der Waals surface area contributed by atoms with Crippen LogP contribution in [0.25, 0.3) is 5.69 Å². The Bertz CT molecular complexity index is 578. The van der Waals surface area contributed by atoms with Crippen molar-refractivity contribution in [2.24, 2.45) is 0 Å². The molecule has 0 spiro atoms. The third-order valence-electron chi connectivity index (χ3n) is 2.78. The highest BCUT2D eigenvalue weighted by atomic mass is 35.7. The molecule has 1 atom stereocenters. The highest BCUT2D eigenvalue weighted by Crippen LogP contribution is 2.64. The first kappa shape index (κ1) is 11.6. The summed E-state index contributed by atoms with van der Waals surface area (Å²) in [6.07, 6.45) is 5.79. The van der Waals surface area contributed by atoms with Crippen LogP contribution in [-0.4, -0.2) is 9.78 Å². The quantitative estimate of drug-likeness (QED) is 0.932. The van der Waals surface area contributed by atoms with Crippen LogP contribution < -0.4 is 4.72 Å². The molecule has 0 amide bonds. The first-order valence-corrected chi connectivity index (χ1v) is 7.79. The molecule has 1 unspecified atom stereocenters. The molecule has 3 rings (SSSR count). The molecule has 0 saturated heterocycles. The standard InChI is InChI=1S/C12H11ClFN3S/c13-18(14)12(9-16-18)8-10-2-4-11(5-3-10)17-7-1-6-15-17/h1-7,9,16H,8H2. The Balaban J connectivity index is 1.76. The van der Waals surface area contributed by atoms with E-state index in [1.165, 1.54) is 0 Å². The summed E-state index contributed by atoms with van der Waals surface area (Å²) in [7, 11) is 2.95. The third-order valence-corrected chi connectivity index (χ3v) is 4.98. The second-order valence-electron chi connectivity index (χ2n) is 3.99. The van der Waals surface area contributed by atoms with Crippen LogP contribution in [0.5, 0.6) is 0 Å². The second kappa shape index (κ2) is 4.33. The van der Waals surface area contributed by atoms with Crippen molar-refractivity contribution in [1.82, 2.24) is 14.5 Å². The van der Waals surface area contributed by atoms with Crippen LogP contribution >= 0.6 is 20.5 Å². The van der Waals surface area contributed by atoms with Gasteiger partial charge < -0.3 is 4.72 Å². The van der Waals surface area contributed by atoms with Crippen molar-refractivity contribution >= 4 is 20.5 Å². The number of benzene rings is 1. The van der Waals surface area contributed by atoms with Gasteiger partial charge in [0.15, 0.2) is 0 Å². The minimum absolute atomic E-state index is 0.543. The molecule has 2 aromatic rings. The largest absolute Gasteiger partial charge is 0.314 e. The molecule has 0 bridgehead atoms. The number of allylic oxidation sites excluding steroid dienone is 1. The van der Waals surface area contributed by atoms with Gasteiger partial charge in [0.25, 0.3) is 0 Å². The Morgan fingerprint density at radius 1 is 1.33 bits per heavy atom. The molecule has 0 fully saturated rings. The van der Waals surface area contributed by atoms with Gasteiger partial charge in [-0.2, -0.15) is 5.10 Å². The fraction of sp³-hybridized carbons (Fsp3) is 0.0833. The molecular weight excluding hydrogens is 273 g/mol. The Labute approximate surface area is 111 Å². The lowest BCUT2D eigenvalue weighted by atomic mass is 10.1. The van der Waals surface area contributed by atoms with E-state index < -0.39 is 9.81 Å². The number of nitrogens with zero attached hydrogens (tertiary/aromatic N) is 2. The average molecular weight is 284 g/mol. The summed E-state index contributed by atoms with van der Waals surface area (Å²) in [4.78, 5) is 0.635. The zero-order chi connectivity index (χ0) is 12.6. The summed E-state index contributed by atoms with van der Waals surface area (Å²) in [5.74, 6) is 0. The lowest BCUT2D eigenvalue weighted by Crippen LogP contribution is -2.20. The van der Waals surface area contributed by atoms with Gasteiger partial charge in [0.05, 0.1) is 15.5 Å². The number of nitrogens with one attached hydrogen (secondary N) is 1. The molecule has 94 valence electrons. The molecule has 6 heteroatoms. The average Bonchev–Trinajstić information content (AvgIpc) is 2.89. The Kier molecular flexibility index (Phi) is 2.80. The molecule has 0 saturated carbocycles. The number of hydrogen-bond donors (Lipinski definition) is 1. The van der Waals surface area contributed by atoms with Crippen LogP contribution in [0.1, 0.15) is 5.56 Å². The Morgan fingerprint density at radius 2 is 2.11 bits per heavy atom. The van der Waals surface area contributed by atoms with E-state index in [-0.39, 0.29) is 0 Å². The van der Waals surface area contributed by atoms with E-state index in [0.717, 1.165) is 11.3 Å². The second-order valence-corrected chi connectivity index (χ2v) is 6.97. The molecule has 1 aliphatic rings. The van der Waals surface area contributed by atoms with Crippen molar-refractivity contribution in [2.75, 3.05) is 0 Å². The first-order chi connectivity index (χ1) is 8.65. The van der Waals surface area contributed by atoms with Gasteiger partial charge in [-0.05, 0) is 34.4 Å². The van der Waals surface area contributed by atoms with Crippen molar-refractivity contribution in [3.63, 3.8) is 0 Å². The van der Waals surface area contributed by atoms with Crippen LogP contribution in [0, 0.1) is 0 Å². The summed E-state index contributed by atoms with van der Waals surface area (Å²) in [5, 5.41) is 4.15. The number of rotatable bonds is 3. The number of halogens is 2. The van der Waals surface area contributed by atoms with Gasteiger partial charge in [-0.1, -0.05) is 12.1 Å². The lowest BCUT2D eigenvalue weighted by molar-refractivity contribution is 0.873. The number of hydrogen-bond acceptors (Lipinski definition) is 2. The summed E-state index contributed by atoms with van der Waals surface area (Å²) >= 11 is 0. The summed E-state index contributed by atoms with van der Waals surface area (Å²) < 4.78 is 17.8. The third kappa shape index (κ3) is 2.11. The van der Waals surface area contributed by atoms with E-state index in [2.05, 4.69) is 9.82 Å². The van der Waals surface area contributed by atoms with E-state index in [0.29, 0.717) is 11.3 Å². The van der Waals surface area contributed by atoms with Gasteiger partial charge in [0, 0.05) is 29.9 Å². The van der Waals surface area contributed by atoms with Crippen molar-refractivity contribution < 1.29 is 3.89 Å². The molecule has 1 N–H and O–H groups in total. The minimum Gasteiger partial charge on any atom is -0.314 e. The summed E-state index contributed by atoms with van der Waals surface area (Å²) in [5.41, 5.74) is 2.02. The molecule has 1 aliphatic heterocycles.